The molecule has 0 aliphatic carbocycles. The fourth-order valence-electron chi connectivity index (χ4n) is 1.21. The van der Waals surface area contributed by atoms with Crippen LogP contribution < -0.4 is 0 Å². The predicted molar refractivity (Wildman–Crippen MR) is 55.4 cm³/mol. The maximum atomic E-state index is 10.2. The van der Waals surface area contributed by atoms with Crippen molar-refractivity contribution in [2.45, 2.75) is 46.0 Å². The van der Waals surface area contributed by atoms with Gasteiger partial charge in [-0.1, -0.05) is 39.5 Å². The van der Waals surface area contributed by atoms with Gasteiger partial charge in [0.2, 0.25) is 0 Å². The Hall–Kier alpha value is -0.130. The average molecular weight is 224 g/mol. The number of rotatable bonds is 8. The molecular weight excluding hydrogens is 204 g/mol. The molecular formula is C9H20O4S. The summed E-state index contributed by atoms with van der Waals surface area (Å²) in [5.41, 5.74) is 0. The monoisotopic (exact) mass is 224 g/mol. The Morgan fingerprint density at radius 3 is 2.43 bits per heavy atom. The van der Waals surface area contributed by atoms with E-state index in [0.717, 1.165) is 12.8 Å². The van der Waals surface area contributed by atoms with E-state index in [-0.39, 0.29) is 12.5 Å². The zero-order valence-corrected chi connectivity index (χ0v) is 9.72. The molecule has 1 unspecified atom stereocenters. The highest BCUT2D eigenvalue weighted by Gasteiger charge is 2.08. The highest BCUT2D eigenvalue weighted by Crippen LogP contribution is 2.11. The van der Waals surface area contributed by atoms with Crippen molar-refractivity contribution in [1.82, 2.24) is 0 Å². The van der Waals surface area contributed by atoms with Gasteiger partial charge in [0, 0.05) is 0 Å². The van der Waals surface area contributed by atoms with Crippen molar-refractivity contribution in [2.75, 3.05) is 6.61 Å². The Bertz CT molecular complexity index is 223. The summed E-state index contributed by atoms with van der Waals surface area (Å²) in [5, 5.41) is 0. The summed E-state index contributed by atoms with van der Waals surface area (Å²) in [7, 11) is -4.25. The number of hydrogen-bond donors (Lipinski definition) is 1. The van der Waals surface area contributed by atoms with Gasteiger partial charge in [-0.05, 0) is 12.3 Å². The van der Waals surface area contributed by atoms with Gasteiger partial charge in [0.1, 0.15) is 0 Å². The molecule has 0 rings (SSSR count). The molecule has 0 aromatic heterocycles. The van der Waals surface area contributed by atoms with E-state index in [9.17, 15) is 8.42 Å². The molecule has 5 heteroatoms. The molecule has 0 spiro atoms. The molecule has 0 fully saturated rings. The van der Waals surface area contributed by atoms with Crippen LogP contribution in [0.1, 0.15) is 46.0 Å². The molecule has 0 aliphatic rings. The minimum Gasteiger partial charge on any atom is -0.264 e. The lowest BCUT2D eigenvalue weighted by Gasteiger charge is -2.09. The van der Waals surface area contributed by atoms with Gasteiger partial charge in [-0.2, -0.15) is 8.42 Å². The first-order chi connectivity index (χ1) is 6.45. The standard InChI is InChI=1S/C9H20O4S/c1-3-4-5-6-7-9(2)8-13-14(10,11)12/h9H,3-8H2,1-2H3,(H,10,11,12). The van der Waals surface area contributed by atoms with Crippen molar-refractivity contribution in [3.63, 3.8) is 0 Å². The summed E-state index contributed by atoms with van der Waals surface area (Å²) in [6.07, 6.45) is 5.61. The van der Waals surface area contributed by atoms with Crippen LogP contribution in [0.5, 0.6) is 0 Å². The smallest absolute Gasteiger partial charge is 0.264 e. The fraction of sp³-hybridized carbons (Fsp3) is 1.00. The van der Waals surface area contributed by atoms with Crippen molar-refractivity contribution < 1.29 is 17.2 Å². The van der Waals surface area contributed by atoms with E-state index in [1.165, 1.54) is 19.3 Å². The van der Waals surface area contributed by atoms with Crippen LogP contribution in [0.2, 0.25) is 0 Å². The molecule has 0 aliphatic heterocycles. The fourth-order valence-corrected chi connectivity index (χ4v) is 1.61. The lowest BCUT2D eigenvalue weighted by Crippen LogP contribution is -2.11. The van der Waals surface area contributed by atoms with E-state index in [2.05, 4.69) is 11.1 Å². The molecule has 0 saturated heterocycles. The van der Waals surface area contributed by atoms with Gasteiger partial charge in [0.15, 0.2) is 0 Å². The van der Waals surface area contributed by atoms with Crippen molar-refractivity contribution >= 4 is 10.4 Å². The van der Waals surface area contributed by atoms with Gasteiger partial charge >= 0.3 is 10.4 Å². The van der Waals surface area contributed by atoms with Gasteiger partial charge in [-0.15, -0.1) is 0 Å². The average Bonchev–Trinajstić information content (AvgIpc) is 2.08. The highest BCUT2D eigenvalue weighted by atomic mass is 32.3. The van der Waals surface area contributed by atoms with Crippen LogP contribution in [0.4, 0.5) is 0 Å². The molecule has 0 bridgehead atoms. The maximum absolute atomic E-state index is 10.2. The van der Waals surface area contributed by atoms with Crippen LogP contribution in [0.15, 0.2) is 0 Å². The molecule has 14 heavy (non-hydrogen) atoms. The molecule has 86 valence electrons. The quantitative estimate of drug-likeness (QED) is 0.508. The van der Waals surface area contributed by atoms with Crippen molar-refractivity contribution in [1.29, 1.82) is 0 Å². The third-order valence-electron chi connectivity index (χ3n) is 2.05. The van der Waals surface area contributed by atoms with Crippen LogP contribution in [-0.4, -0.2) is 19.6 Å². The van der Waals surface area contributed by atoms with E-state index < -0.39 is 10.4 Å². The molecule has 1 N–H and O–H groups in total. The third kappa shape index (κ3) is 9.95. The van der Waals surface area contributed by atoms with E-state index in [1.807, 2.05) is 6.92 Å². The molecule has 0 saturated carbocycles. The zero-order chi connectivity index (χ0) is 11.0. The summed E-state index contributed by atoms with van der Waals surface area (Å²) in [6.45, 7) is 4.13. The lowest BCUT2D eigenvalue weighted by atomic mass is 10.0. The van der Waals surface area contributed by atoms with E-state index >= 15 is 0 Å². The van der Waals surface area contributed by atoms with Gasteiger partial charge in [0.25, 0.3) is 0 Å². The van der Waals surface area contributed by atoms with Crippen LogP contribution in [0.25, 0.3) is 0 Å². The van der Waals surface area contributed by atoms with Crippen molar-refractivity contribution in [3.8, 4) is 0 Å². The molecule has 0 aromatic rings. The molecule has 0 amide bonds. The predicted octanol–water partition coefficient (Wildman–Crippen LogP) is 2.41. The molecule has 0 radical (unpaired) electrons. The lowest BCUT2D eigenvalue weighted by molar-refractivity contribution is 0.222. The van der Waals surface area contributed by atoms with Crippen LogP contribution in [0, 0.1) is 5.92 Å². The molecule has 1 atom stereocenters. The Morgan fingerprint density at radius 2 is 1.93 bits per heavy atom. The Labute approximate surface area is 86.6 Å². The van der Waals surface area contributed by atoms with Crippen LogP contribution in [-0.2, 0) is 14.6 Å². The highest BCUT2D eigenvalue weighted by molar-refractivity contribution is 7.80. The van der Waals surface area contributed by atoms with Crippen molar-refractivity contribution in [3.05, 3.63) is 0 Å². The SMILES string of the molecule is CCCCCCC(C)COS(=O)(=O)O. The first kappa shape index (κ1) is 13.9. The zero-order valence-electron chi connectivity index (χ0n) is 8.90. The van der Waals surface area contributed by atoms with Gasteiger partial charge in [0.05, 0.1) is 6.61 Å². The van der Waals surface area contributed by atoms with E-state index in [4.69, 9.17) is 4.55 Å². The summed E-state index contributed by atoms with van der Waals surface area (Å²) in [6, 6.07) is 0. The summed E-state index contributed by atoms with van der Waals surface area (Å²) in [5.74, 6) is 0.175. The van der Waals surface area contributed by atoms with Gasteiger partial charge in [-0.3, -0.25) is 4.55 Å². The first-order valence-electron chi connectivity index (χ1n) is 5.07. The van der Waals surface area contributed by atoms with Crippen LogP contribution in [0.3, 0.4) is 0 Å². The van der Waals surface area contributed by atoms with E-state index in [0.29, 0.717) is 0 Å². The van der Waals surface area contributed by atoms with Crippen LogP contribution >= 0.6 is 0 Å². The largest absolute Gasteiger partial charge is 0.397 e. The Kier molecular flexibility index (Phi) is 7.13. The summed E-state index contributed by atoms with van der Waals surface area (Å²) in [4.78, 5) is 0. The third-order valence-corrected chi connectivity index (χ3v) is 2.49. The normalized spacial score (nSPS) is 14.2. The van der Waals surface area contributed by atoms with Crippen molar-refractivity contribution in [2.24, 2.45) is 5.92 Å². The Balaban J connectivity index is 3.42. The topological polar surface area (TPSA) is 63.6 Å². The van der Waals surface area contributed by atoms with Gasteiger partial charge < -0.3 is 0 Å². The maximum Gasteiger partial charge on any atom is 0.397 e. The molecule has 0 heterocycles. The number of hydrogen-bond acceptors (Lipinski definition) is 3. The second-order valence-electron chi connectivity index (χ2n) is 3.67. The van der Waals surface area contributed by atoms with E-state index in [1.54, 1.807) is 0 Å². The second kappa shape index (κ2) is 7.20. The second-order valence-corrected chi connectivity index (χ2v) is 4.76. The van der Waals surface area contributed by atoms with Gasteiger partial charge in [-0.25, -0.2) is 4.18 Å². The first-order valence-corrected chi connectivity index (χ1v) is 6.44. The molecule has 4 nitrogen and oxygen atoms in total. The minimum atomic E-state index is -4.25. The molecule has 0 aromatic carbocycles. The Morgan fingerprint density at radius 1 is 1.29 bits per heavy atom. The minimum absolute atomic E-state index is 0.0744. The summed E-state index contributed by atoms with van der Waals surface area (Å²) >= 11 is 0. The summed E-state index contributed by atoms with van der Waals surface area (Å²) < 4.78 is 33.1. The number of unbranched alkanes of at least 4 members (excludes halogenated alkanes) is 3.